The van der Waals surface area contributed by atoms with E-state index in [0.29, 0.717) is 11.4 Å². The van der Waals surface area contributed by atoms with Gasteiger partial charge in [0, 0.05) is 30.8 Å². The van der Waals surface area contributed by atoms with Crippen LogP contribution in [0.3, 0.4) is 0 Å². The van der Waals surface area contributed by atoms with Crippen LogP contribution in [0.1, 0.15) is 18.4 Å². The predicted octanol–water partition coefficient (Wildman–Crippen LogP) is 2.33. The Balaban J connectivity index is 2.07. The van der Waals surface area contributed by atoms with E-state index in [-0.39, 0.29) is 11.5 Å². The number of anilines is 1. The zero-order valence-corrected chi connectivity index (χ0v) is 12.3. The van der Waals surface area contributed by atoms with E-state index in [9.17, 15) is 5.11 Å². The summed E-state index contributed by atoms with van der Waals surface area (Å²) in [5, 5.41) is 14.0. The molecule has 1 aliphatic carbocycles. The summed E-state index contributed by atoms with van der Waals surface area (Å²) in [7, 11) is 1.64. The molecule has 0 radical (unpaired) electrons. The van der Waals surface area contributed by atoms with Crippen molar-refractivity contribution in [1.29, 1.82) is 0 Å². The van der Waals surface area contributed by atoms with Gasteiger partial charge in [-0.1, -0.05) is 11.6 Å². The Bertz CT molecular complexity index is 499. The number of halogens is 2. The lowest BCUT2D eigenvalue weighted by Gasteiger charge is -2.23. The zero-order valence-electron chi connectivity index (χ0n) is 9.91. The van der Waals surface area contributed by atoms with Gasteiger partial charge in [-0.25, -0.2) is 4.98 Å². The van der Waals surface area contributed by atoms with Crippen LogP contribution in [-0.2, 0) is 10.2 Å². The van der Waals surface area contributed by atoms with Gasteiger partial charge in [0.2, 0.25) is 0 Å². The Kier molecular flexibility index (Phi) is 3.05. The fourth-order valence-corrected chi connectivity index (χ4v) is 3.79. The summed E-state index contributed by atoms with van der Waals surface area (Å²) in [4.78, 5) is 4.35. The van der Waals surface area contributed by atoms with Crippen molar-refractivity contribution in [2.75, 3.05) is 19.0 Å². The fourth-order valence-electron chi connectivity index (χ4n) is 3.15. The molecule has 0 aromatic carbocycles. The maximum atomic E-state index is 10.1. The number of hydrogen-bond acceptors (Lipinski definition) is 4. The molecule has 1 aliphatic heterocycles. The molecule has 1 fully saturated rings. The van der Waals surface area contributed by atoms with Crippen molar-refractivity contribution in [1.82, 2.24) is 4.98 Å². The number of methoxy groups -OCH3 is 1. The Morgan fingerprint density at radius 2 is 2.39 bits per heavy atom. The van der Waals surface area contributed by atoms with Crippen LogP contribution < -0.4 is 5.32 Å². The van der Waals surface area contributed by atoms with E-state index in [1.807, 2.05) is 0 Å². The van der Waals surface area contributed by atoms with Crippen molar-refractivity contribution >= 4 is 33.3 Å². The highest BCUT2D eigenvalue weighted by Gasteiger charge is 2.51. The number of hydrogen-bond donors (Lipinski definition) is 2. The van der Waals surface area contributed by atoms with Crippen molar-refractivity contribution in [2.45, 2.75) is 30.5 Å². The highest BCUT2D eigenvalue weighted by molar-refractivity contribution is 9.10. The first-order valence-corrected chi connectivity index (χ1v) is 7.04. The number of fused-ring (bicyclic) bond motifs is 2. The Morgan fingerprint density at radius 3 is 3.06 bits per heavy atom. The minimum atomic E-state index is -0.446. The molecule has 18 heavy (non-hydrogen) atoms. The second kappa shape index (κ2) is 4.34. The zero-order chi connectivity index (χ0) is 12.9. The van der Waals surface area contributed by atoms with Gasteiger partial charge >= 0.3 is 0 Å². The smallest absolute Gasteiger partial charge is 0.131 e. The monoisotopic (exact) mass is 332 g/mol. The Morgan fingerprint density at radius 1 is 1.61 bits per heavy atom. The van der Waals surface area contributed by atoms with Gasteiger partial charge in [-0.2, -0.15) is 0 Å². The third kappa shape index (κ3) is 1.68. The van der Waals surface area contributed by atoms with Gasteiger partial charge in [-0.15, -0.1) is 0 Å². The number of nitrogens with one attached hydrogen (secondary N) is 1. The maximum Gasteiger partial charge on any atom is 0.131 e. The molecule has 0 amide bonds. The number of aromatic nitrogens is 1. The average Bonchev–Trinajstić information content (AvgIpc) is 2.86. The van der Waals surface area contributed by atoms with Crippen molar-refractivity contribution in [3.63, 3.8) is 0 Å². The molecule has 0 saturated heterocycles. The second-order valence-electron chi connectivity index (χ2n) is 5.03. The summed E-state index contributed by atoms with van der Waals surface area (Å²) in [5.41, 5.74) is 0.848. The molecule has 1 spiro atoms. The summed E-state index contributed by atoms with van der Waals surface area (Å²) < 4.78 is 6.14. The first-order valence-electron chi connectivity index (χ1n) is 5.86. The van der Waals surface area contributed by atoms with Crippen LogP contribution in [-0.4, -0.2) is 36.0 Å². The molecule has 2 aliphatic rings. The topological polar surface area (TPSA) is 54.4 Å². The van der Waals surface area contributed by atoms with Crippen LogP contribution in [0.2, 0.25) is 5.02 Å². The van der Waals surface area contributed by atoms with Crippen LogP contribution in [0.15, 0.2) is 10.7 Å². The molecule has 6 heteroatoms. The maximum absolute atomic E-state index is 10.1. The van der Waals surface area contributed by atoms with Crippen LogP contribution in [0.5, 0.6) is 0 Å². The van der Waals surface area contributed by atoms with Crippen LogP contribution >= 0.6 is 27.5 Å². The fraction of sp³-hybridized carbons (Fsp3) is 0.583. The molecule has 3 rings (SSSR count). The molecule has 0 bridgehead atoms. The van der Waals surface area contributed by atoms with Crippen LogP contribution in [0, 0.1) is 0 Å². The second-order valence-corrected chi connectivity index (χ2v) is 6.26. The van der Waals surface area contributed by atoms with E-state index in [4.69, 9.17) is 16.3 Å². The highest BCUT2D eigenvalue weighted by atomic mass is 79.9. The Labute approximate surface area is 119 Å². The molecule has 2 N–H and O–H groups in total. The minimum absolute atomic E-state index is 0.132. The summed E-state index contributed by atoms with van der Waals surface area (Å²) in [6.07, 6.45) is 2.55. The summed E-state index contributed by atoms with van der Waals surface area (Å²) in [5.74, 6) is 0.826. The third-order valence-corrected chi connectivity index (χ3v) is 5.24. The molecule has 1 saturated carbocycles. The van der Waals surface area contributed by atoms with E-state index < -0.39 is 6.10 Å². The van der Waals surface area contributed by atoms with Gasteiger partial charge in [0.15, 0.2) is 0 Å². The Hall–Kier alpha value is -0.360. The molecule has 3 atom stereocenters. The third-order valence-electron chi connectivity index (χ3n) is 4.02. The normalized spacial score (nSPS) is 33.8. The van der Waals surface area contributed by atoms with Crippen molar-refractivity contribution in [3.8, 4) is 0 Å². The molecule has 2 heterocycles. The summed E-state index contributed by atoms with van der Waals surface area (Å²) in [6, 6.07) is 0. The highest BCUT2D eigenvalue weighted by Crippen LogP contribution is 2.51. The lowest BCUT2D eigenvalue weighted by Crippen LogP contribution is -2.26. The van der Waals surface area contributed by atoms with Gasteiger partial charge in [0.05, 0.1) is 21.7 Å². The summed E-state index contributed by atoms with van der Waals surface area (Å²) in [6.45, 7) is 0.752. The van der Waals surface area contributed by atoms with Crippen LogP contribution in [0.4, 0.5) is 5.82 Å². The predicted molar refractivity (Wildman–Crippen MR) is 73.2 cm³/mol. The van der Waals surface area contributed by atoms with Gasteiger partial charge < -0.3 is 15.2 Å². The summed E-state index contributed by atoms with van der Waals surface area (Å²) >= 11 is 9.81. The first-order chi connectivity index (χ1) is 8.57. The molecular formula is C12H14BrClN2O2. The largest absolute Gasteiger partial charge is 0.390 e. The van der Waals surface area contributed by atoms with E-state index in [2.05, 4.69) is 26.2 Å². The van der Waals surface area contributed by atoms with Crippen molar-refractivity contribution < 1.29 is 9.84 Å². The minimum Gasteiger partial charge on any atom is -0.390 e. The van der Waals surface area contributed by atoms with Crippen molar-refractivity contribution in [2.24, 2.45) is 0 Å². The average molecular weight is 334 g/mol. The number of ether oxygens (including phenoxy) is 1. The first kappa shape index (κ1) is 12.7. The van der Waals surface area contributed by atoms with Gasteiger partial charge in [0.25, 0.3) is 0 Å². The number of nitrogens with zero attached hydrogens (tertiary/aromatic N) is 1. The van der Waals surface area contributed by atoms with Crippen molar-refractivity contribution in [3.05, 3.63) is 21.3 Å². The van der Waals surface area contributed by atoms with E-state index in [0.717, 1.165) is 28.8 Å². The number of aliphatic hydroxyl groups is 1. The van der Waals surface area contributed by atoms with Crippen LogP contribution in [0.25, 0.3) is 0 Å². The standard InChI is InChI=1S/C12H14BrClN2O2/c1-18-8-3-12(2-7(8)17)5-16-11-9(12)10(14)6(13)4-15-11/h4,7-8,17H,2-3,5H2,1H3,(H,15,16)/t7-,8-,12-/m1/s1. The molecule has 98 valence electrons. The van der Waals surface area contributed by atoms with E-state index in [1.165, 1.54) is 0 Å². The molecule has 1 aromatic heterocycles. The van der Waals surface area contributed by atoms with Gasteiger partial charge in [0.1, 0.15) is 5.82 Å². The number of aliphatic hydroxyl groups excluding tert-OH is 1. The lowest BCUT2D eigenvalue weighted by atomic mass is 9.81. The SMILES string of the molecule is CO[C@@H]1C[C@@]2(CNc3ncc(Br)c(Cl)c32)C[C@H]1O. The van der Waals surface area contributed by atoms with Gasteiger partial charge in [-0.05, 0) is 28.8 Å². The molecule has 4 nitrogen and oxygen atoms in total. The molecule has 0 unspecified atom stereocenters. The number of rotatable bonds is 1. The number of pyridine rings is 1. The van der Waals surface area contributed by atoms with E-state index >= 15 is 0 Å². The quantitative estimate of drug-likeness (QED) is 0.828. The van der Waals surface area contributed by atoms with Gasteiger partial charge in [-0.3, -0.25) is 0 Å². The molecule has 1 aromatic rings. The van der Waals surface area contributed by atoms with E-state index in [1.54, 1.807) is 13.3 Å². The molecular weight excluding hydrogens is 320 g/mol. The lowest BCUT2D eigenvalue weighted by molar-refractivity contribution is 0.00973.